The van der Waals surface area contributed by atoms with Crippen molar-refractivity contribution in [1.29, 1.82) is 0 Å². The summed E-state index contributed by atoms with van der Waals surface area (Å²) in [7, 11) is 0. The molecule has 0 fully saturated rings. The molecule has 0 unspecified atom stereocenters. The molecule has 21 heavy (non-hydrogen) atoms. The van der Waals surface area contributed by atoms with Gasteiger partial charge >= 0.3 is 0 Å². The van der Waals surface area contributed by atoms with Gasteiger partial charge in [0.2, 0.25) is 0 Å². The van der Waals surface area contributed by atoms with Crippen LogP contribution < -0.4 is 10.1 Å². The van der Waals surface area contributed by atoms with Crippen molar-refractivity contribution in [1.82, 2.24) is 0 Å². The first-order valence-electron chi connectivity index (χ1n) is 6.65. The van der Waals surface area contributed by atoms with E-state index in [1.54, 1.807) is 24.3 Å². The second-order valence-electron chi connectivity index (χ2n) is 4.79. The Morgan fingerprint density at radius 3 is 2.43 bits per heavy atom. The lowest BCUT2D eigenvalue weighted by molar-refractivity contribution is -0.118. The second kappa shape index (κ2) is 6.70. The van der Waals surface area contributed by atoms with Crippen LogP contribution in [0.3, 0.4) is 0 Å². The van der Waals surface area contributed by atoms with E-state index < -0.39 is 0 Å². The zero-order valence-corrected chi connectivity index (χ0v) is 12.1. The maximum atomic E-state index is 11.8. The minimum Gasteiger partial charge on any atom is -0.484 e. The summed E-state index contributed by atoms with van der Waals surface area (Å²) >= 11 is 0. The van der Waals surface area contributed by atoms with Crippen LogP contribution in [0.2, 0.25) is 0 Å². The number of rotatable bonds is 5. The number of hydrogen-bond acceptors (Lipinski definition) is 3. The van der Waals surface area contributed by atoms with Crippen LogP contribution in [0.25, 0.3) is 0 Å². The molecular weight excluding hydrogens is 266 g/mol. The Morgan fingerprint density at radius 1 is 1.10 bits per heavy atom. The number of benzene rings is 2. The maximum Gasteiger partial charge on any atom is 0.262 e. The van der Waals surface area contributed by atoms with Crippen molar-refractivity contribution < 1.29 is 14.3 Å². The molecule has 0 aromatic heterocycles. The lowest BCUT2D eigenvalue weighted by Gasteiger charge is -2.08. The molecule has 0 saturated carbocycles. The lowest BCUT2D eigenvalue weighted by atomic mass is 10.1. The van der Waals surface area contributed by atoms with Gasteiger partial charge in [0.1, 0.15) is 5.75 Å². The first kappa shape index (κ1) is 14.8. The molecule has 0 aliphatic rings. The van der Waals surface area contributed by atoms with E-state index >= 15 is 0 Å². The van der Waals surface area contributed by atoms with Crippen LogP contribution in [0.1, 0.15) is 22.8 Å². The zero-order valence-electron chi connectivity index (χ0n) is 12.1. The molecule has 4 nitrogen and oxygen atoms in total. The molecule has 0 heterocycles. The van der Waals surface area contributed by atoms with E-state index in [1.807, 2.05) is 31.2 Å². The summed E-state index contributed by atoms with van der Waals surface area (Å²) in [5.41, 5.74) is 2.44. The Labute approximate surface area is 123 Å². The van der Waals surface area contributed by atoms with Gasteiger partial charge in [-0.15, -0.1) is 0 Å². The monoisotopic (exact) mass is 283 g/mol. The van der Waals surface area contributed by atoms with Gasteiger partial charge in [0.25, 0.3) is 5.91 Å². The number of Topliss-reactive ketones (excluding diaryl/α,β-unsaturated/α-hetero) is 1. The van der Waals surface area contributed by atoms with Crippen LogP contribution in [0.5, 0.6) is 5.75 Å². The van der Waals surface area contributed by atoms with Gasteiger partial charge in [0.05, 0.1) is 0 Å². The van der Waals surface area contributed by atoms with Gasteiger partial charge in [-0.1, -0.05) is 12.1 Å². The minimum atomic E-state index is -0.226. The molecule has 1 N–H and O–H groups in total. The quantitative estimate of drug-likeness (QED) is 0.857. The summed E-state index contributed by atoms with van der Waals surface area (Å²) in [6.07, 6.45) is 0. The highest BCUT2D eigenvalue weighted by Gasteiger charge is 2.05. The first-order chi connectivity index (χ1) is 10.0. The van der Waals surface area contributed by atoms with Gasteiger partial charge < -0.3 is 10.1 Å². The number of nitrogens with one attached hydrogen (secondary N) is 1. The van der Waals surface area contributed by atoms with Gasteiger partial charge in [-0.05, 0) is 55.8 Å². The van der Waals surface area contributed by atoms with Gasteiger partial charge in [-0.2, -0.15) is 0 Å². The van der Waals surface area contributed by atoms with Crippen molar-refractivity contribution in [2.45, 2.75) is 13.8 Å². The van der Waals surface area contributed by atoms with Crippen molar-refractivity contribution in [2.75, 3.05) is 11.9 Å². The van der Waals surface area contributed by atoms with Gasteiger partial charge in [0.15, 0.2) is 12.4 Å². The SMILES string of the molecule is CC(=O)c1ccc(OCC(=O)Nc2cccc(C)c2)cc1. The summed E-state index contributed by atoms with van der Waals surface area (Å²) in [6.45, 7) is 3.39. The van der Waals surface area contributed by atoms with Crippen LogP contribution in [-0.4, -0.2) is 18.3 Å². The predicted molar refractivity (Wildman–Crippen MR) is 81.8 cm³/mol. The van der Waals surface area contributed by atoms with E-state index in [-0.39, 0.29) is 18.3 Å². The van der Waals surface area contributed by atoms with Crippen molar-refractivity contribution in [3.63, 3.8) is 0 Å². The average molecular weight is 283 g/mol. The topological polar surface area (TPSA) is 55.4 Å². The summed E-state index contributed by atoms with van der Waals surface area (Å²) in [5, 5.41) is 2.76. The molecule has 0 aliphatic heterocycles. The fraction of sp³-hybridized carbons (Fsp3) is 0.176. The van der Waals surface area contributed by atoms with Gasteiger partial charge in [-0.3, -0.25) is 9.59 Å². The molecule has 108 valence electrons. The van der Waals surface area contributed by atoms with Crippen LogP contribution in [-0.2, 0) is 4.79 Å². The lowest BCUT2D eigenvalue weighted by Crippen LogP contribution is -2.20. The zero-order chi connectivity index (χ0) is 15.2. The number of carbonyl (C=O) groups is 2. The number of carbonyl (C=O) groups excluding carboxylic acids is 2. The van der Waals surface area contributed by atoms with Gasteiger partial charge in [0, 0.05) is 11.3 Å². The van der Waals surface area contributed by atoms with E-state index in [9.17, 15) is 9.59 Å². The number of ether oxygens (including phenoxy) is 1. The molecule has 0 atom stereocenters. The largest absolute Gasteiger partial charge is 0.484 e. The van der Waals surface area contributed by atoms with Gasteiger partial charge in [-0.25, -0.2) is 0 Å². The highest BCUT2D eigenvalue weighted by molar-refractivity contribution is 5.94. The third kappa shape index (κ3) is 4.45. The second-order valence-corrected chi connectivity index (χ2v) is 4.79. The van der Waals surface area contributed by atoms with Crippen LogP contribution in [0, 0.1) is 6.92 Å². The normalized spacial score (nSPS) is 10.0. The number of hydrogen-bond donors (Lipinski definition) is 1. The molecule has 0 radical (unpaired) electrons. The number of amides is 1. The summed E-state index contributed by atoms with van der Waals surface area (Å²) in [6, 6.07) is 14.3. The molecule has 0 bridgehead atoms. The Balaban J connectivity index is 1.87. The number of ketones is 1. The molecule has 0 aliphatic carbocycles. The van der Waals surface area contributed by atoms with E-state index in [4.69, 9.17) is 4.74 Å². The molecule has 0 saturated heterocycles. The Bertz CT molecular complexity index is 647. The number of aryl methyl sites for hydroxylation is 1. The molecular formula is C17H17NO3. The van der Waals surface area contributed by atoms with Crippen molar-refractivity contribution in [3.8, 4) is 5.75 Å². The molecule has 4 heteroatoms. The van der Waals surface area contributed by atoms with Crippen LogP contribution in [0.4, 0.5) is 5.69 Å². The van der Waals surface area contributed by atoms with E-state index in [0.717, 1.165) is 11.3 Å². The molecule has 1 amide bonds. The van der Waals surface area contributed by atoms with E-state index in [1.165, 1.54) is 6.92 Å². The van der Waals surface area contributed by atoms with Crippen molar-refractivity contribution >= 4 is 17.4 Å². The summed E-state index contributed by atoms with van der Waals surface area (Å²) < 4.78 is 5.38. The molecule has 2 aromatic carbocycles. The maximum absolute atomic E-state index is 11.8. The fourth-order valence-electron chi connectivity index (χ4n) is 1.85. The Morgan fingerprint density at radius 2 is 1.81 bits per heavy atom. The average Bonchev–Trinajstić information content (AvgIpc) is 2.45. The predicted octanol–water partition coefficient (Wildman–Crippen LogP) is 3.22. The molecule has 2 rings (SSSR count). The first-order valence-corrected chi connectivity index (χ1v) is 6.65. The van der Waals surface area contributed by atoms with Crippen LogP contribution in [0.15, 0.2) is 48.5 Å². The smallest absolute Gasteiger partial charge is 0.262 e. The highest BCUT2D eigenvalue weighted by Crippen LogP contribution is 2.13. The third-order valence-corrected chi connectivity index (χ3v) is 2.93. The van der Waals surface area contributed by atoms with E-state index in [2.05, 4.69) is 5.32 Å². The standard InChI is InChI=1S/C17H17NO3/c1-12-4-3-5-15(10-12)18-17(20)11-21-16-8-6-14(7-9-16)13(2)19/h3-10H,11H2,1-2H3,(H,18,20). The minimum absolute atomic E-state index is 0.00117. The van der Waals surface area contributed by atoms with Crippen LogP contribution >= 0.6 is 0 Å². The highest BCUT2D eigenvalue weighted by atomic mass is 16.5. The molecule has 2 aromatic rings. The third-order valence-electron chi connectivity index (χ3n) is 2.93. The molecule has 0 spiro atoms. The Kier molecular flexibility index (Phi) is 4.72. The summed E-state index contributed by atoms with van der Waals surface area (Å²) in [5.74, 6) is 0.328. The Hall–Kier alpha value is -2.62. The number of anilines is 1. The summed E-state index contributed by atoms with van der Waals surface area (Å²) in [4.78, 5) is 22.9. The van der Waals surface area contributed by atoms with E-state index in [0.29, 0.717) is 11.3 Å². The fourth-order valence-corrected chi connectivity index (χ4v) is 1.85. The van der Waals surface area contributed by atoms with Crippen molar-refractivity contribution in [3.05, 3.63) is 59.7 Å². The van der Waals surface area contributed by atoms with Crippen molar-refractivity contribution in [2.24, 2.45) is 0 Å².